The maximum absolute atomic E-state index is 12.2. The summed E-state index contributed by atoms with van der Waals surface area (Å²) in [5.41, 5.74) is 0.449. The molecule has 2 aromatic rings. The molecule has 1 N–H and O–H groups in total. The van der Waals surface area contributed by atoms with Gasteiger partial charge in [-0.15, -0.1) is 0 Å². The van der Waals surface area contributed by atoms with Crippen molar-refractivity contribution in [2.45, 2.75) is 31.3 Å². The first kappa shape index (κ1) is 13.3. The fourth-order valence-electron chi connectivity index (χ4n) is 2.68. The molecule has 2 unspecified atom stereocenters. The molecule has 2 atom stereocenters. The van der Waals surface area contributed by atoms with Crippen LogP contribution in [-0.4, -0.2) is 26.5 Å². The minimum absolute atomic E-state index is 0.116. The van der Waals surface area contributed by atoms with Crippen LogP contribution < -0.4 is 5.32 Å². The van der Waals surface area contributed by atoms with Crippen LogP contribution in [0.5, 0.6) is 0 Å². The van der Waals surface area contributed by atoms with Gasteiger partial charge in [-0.05, 0) is 47.3 Å². The predicted octanol–water partition coefficient (Wildman–Crippen LogP) is 2.56. The molecular weight excluding hydrogens is 320 g/mol. The number of halogens is 1. The predicted molar refractivity (Wildman–Crippen MR) is 78.3 cm³/mol. The molecule has 0 saturated heterocycles. The fourth-order valence-corrected chi connectivity index (χ4v) is 2.92. The van der Waals surface area contributed by atoms with E-state index in [0.29, 0.717) is 5.69 Å². The number of hydrogen-bond donors (Lipinski definition) is 1. The van der Waals surface area contributed by atoms with Crippen LogP contribution in [-0.2, 0) is 0 Å². The van der Waals surface area contributed by atoms with Crippen LogP contribution in [0, 0.1) is 0 Å². The number of carbonyl (C=O) groups excluding carboxylic acids is 1. The maximum atomic E-state index is 12.2. The highest BCUT2D eigenvalue weighted by molar-refractivity contribution is 9.10. The third-order valence-electron chi connectivity index (χ3n) is 3.66. The Bertz CT molecular complexity index is 582. The van der Waals surface area contributed by atoms with Gasteiger partial charge in [0.1, 0.15) is 5.69 Å². The van der Waals surface area contributed by atoms with Crippen LogP contribution in [0.3, 0.4) is 0 Å². The van der Waals surface area contributed by atoms with E-state index in [0.717, 1.165) is 23.7 Å². The van der Waals surface area contributed by atoms with Gasteiger partial charge in [-0.3, -0.25) is 4.79 Å². The summed E-state index contributed by atoms with van der Waals surface area (Å²) in [5, 5.41) is 3.09. The summed E-state index contributed by atoms with van der Waals surface area (Å²) in [6.07, 6.45) is 10.3. The Morgan fingerprint density at radius 1 is 1.40 bits per heavy atom. The molecule has 1 aliphatic rings. The minimum Gasteiger partial charge on any atom is -0.346 e. The smallest absolute Gasteiger partial charge is 0.270 e. The van der Waals surface area contributed by atoms with Crippen LogP contribution in [0.15, 0.2) is 41.5 Å². The molecule has 20 heavy (non-hydrogen) atoms. The zero-order valence-corrected chi connectivity index (χ0v) is 12.5. The highest BCUT2D eigenvalue weighted by Crippen LogP contribution is 2.30. The number of amides is 1. The largest absolute Gasteiger partial charge is 0.346 e. The number of aromatic nitrogens is 3. The van der Waals surface area contributed by atoms with Crippen molar-refractivity contribution >= 4 is 21.8 Å². The molecule has 0 aromatic carbocycles. The van der Waals surface area contributed by atoms with Crippen LogP contribution in [0.4, 0.5) is 0 Å². The highest BCUT2D eigenvalue weighted by Gasteiger charge is 2.30. The van der Waals surface area contributed by atoms with Gasteiger partial charge in [-0.1, -0.05) is 0 Å². The van der Waals surface area contributed by atoms with Gasteiger partial charge in [0.2, 0.25) is 0 Å². The van der Waals surface area contributed by atoms with Gasteiger partial charge in [0.15, 0.2) is 0 Å². The quantitative estimate of drug-likeness (QED) is 0.938. The number of imidazole rings is 1. The number of hydrogen-bond acceptors (Lipinski definition) is 3. The second kappa shape index (κ2) is 5.75. The Hall–Kier alpha value is -1.69. The lowest BCUT2D eigenvalue weighted by atomic mass is 10.1. The van der Waals surface area contributed by atoms with Gasteiger partial charge in [-0.25, -0.2) is 9.97 Å². The molecule has 1 amide bonds. The molecule has 0 aliphatic heterocycles. The molecule has 1 saturated carbocycles. The zero-order chi connectivity index (χ0) is 13.9. The van der Waals surface area contributed by atoms with Gasteiger partial charge in [0, 0.05) is 29.1 Å². The number of nitrogens with one attached hydrogen (secondary N) is 1. The molecule has 1 aliphatic carbocycles. The van der Waals surface area contributed by atoms with Crippen molar-refractivity contribution in [3.05, 3.63) is 47.2 Å². The van der Waals surface area contributed by atoms with Gasteiger partial charge >= 0.3 is 0 Å². The molecule has 0 spiro atoms. The summed E-state index contributed by atoms with van der Waals surface area (Å²) < 4.78 is 2.94. The molecule has 2 aromatic heterocycles. The normalized spacial score (nSPS) is 21.9. The number of nitrogens with zero attached hydrogens (tertiary/aromatic N) is 3. The average Bonchev–Trinajstić information content (AvgIpc) is 3.09. The summed E-state index contributed by atoms with van der Waals surface area (Å²) in [5.74, 6) is -0.116. The first-order valence-electron chi connectivity index (χ1n) is 6.64. The number of carbonyl (C=O) groups is 1. The Labute approximate surface area is 125 Å². The Kier molecular flexibility index (Phi) is 3.82. The Balaban J connectivity index is 1.70. The monoisotopic (exact) mass is 334 g/mol. The van der Waals surface area contributed by atoms with E-state index in [4.69, 9.17) is 0 Å². The topological polar surface area (TPSA) is 59.8 Å². The Morgan fingerprint density at radius 2 is 2.30 bits per heavy atom. The van der Waals surface area contributed by atoms with E-state index in [-0.39, 0.29) is 18.0 Å². The van der Waals surface area contributed by atoms with Crippen LogP contribution in [0.2, 0.25) is 0 Å². The average molecular weight is 335 g/mol. The third kappa shape index (κ3) is 2.75. The van der Waals surface area contributed by atoms with Crippen molar-refractivity contribution < 1.29 is 4.79 Å². The van der Waals surface area contributed by atoms with E-state index >= 15 is 0 Å². The van der Waals surface area contributed by atoms with E-state index in [1.54, 1.807) is 18.5 Å². The van der Waals surface area contributed by atoms with Crippen molar-refractivity contribution in [2.75, 3.05) is 0 Å². The van der Waals surface area contributed by atoms with Crippen LogP contribution >= 0.6 is 15.9 Å². The highest BCUT2D eigenvalue weighted by atomic mass is 79.9. The molecule has 0 bridgehead atoms. The standard InChI is InChI=1S/C14H15BrN4O/c15-10-4-5-12(17-8-10)14(20)18-11-2-1-3-13(11)19-7-6-16-9-19/h4-9,11,13H,1-3H2,(H,18,20). The summed E-state index contributed by atoms with van der Waals surface area (Å²) in [4.78, 5) is 20.4. The second-order valence-corrected chi connectivity index (χ2v) is 5.87. The van der Waals surface area contributed by atoms with Crippen LogP contribution in [0.25, 0.3) is 0 Å². The van der Waals surface area contributed by atoms with Gasteiger partial charge < -0.3 is 9.88 Å². The van der Waals surface area contributed by atoms with E-state index in [1.807, 2.05) is 18.6 Å². The molecule has 3 rings (SSSR count). The van der Waals surface area contributed by atoms with E-state index < -0.39 is 0 Å². The maximum Gasteiger partial charge on any atom is 0.270 e. The number of rotatable bonds is 3. The van der Waals surface area contributed by atoms with E-state index in [1.165, 1.54) is 0 Å². The fraction of sp³-hybridized carbons (Fsp3) is 0.357. The van der Waals surface area contributed by atoms with Crippen molar-refractivity contribution in [3.8, 4) is 0 Å². The zero-order valence-electron chi connectivity index (χ0n) is 10.9. The summed E-state index contributed by atoms with van der Waals surface area (Å²) in [7, 11) is 0. The van der Waals surface area contributed by atoms with Crippen molar-refractivity contribution in [3.63, 3.8) is 0 Å². The Morgan fingerprint density at radius 3 is 3.00 bits per heavy atom. The lowest BCUT2D eigenvalue weighted by Gasteiger charge is -2.21. The van der Waals surface area contributed by atoms with E-state index in [9.17, 15) is 4.79 Å². The molecule has 5 nitrogen and oxygen atoms in total. The first-order valence-corrected chi connectivity index (χ1v) is 7.43. The van der Waals surface area contributed by atoms with Gasteiger partial charge in [0.25, 0.3) is 5.91 Å². The lowest BCUT2D eigenvalue weighted by molar-refractivity contribution is 0.0924. The molecular formula is C14H15BrN4O. The molecule has 0 radical (unpaired) electrons. The summed E-state index contributed by atoms with van der Waals surface area (Å²) >= 11 is 3.31. The van der Waals surface area contributed by atoms with Crippen LogP contribution in [0.1, 0.15) is 35.8 Å². The summed E-state index contributed by atoms with van der Waals surface area (Å²) in [6.45, 7) is 0. The molecule has 2 heterocycles. The third-order valence-corrected chi connectivity index (χ3v) is 4.13. The molecule has 1 fully saturated rings. The molecule has 104 valence electrons. The van der Waals surface area contributed by atoms with Crippen molar-refractivity contribution in [2.24, 2.45) is 0 Å². The van der Waals surface area contributed by atoms with E-state index in [2.05, 4.69) is 35.8 Å². The van der Waals surface area contributed by atoms with Gasteiger partial charge in [-0.2, -0.15) is 0 Å². The van der Waals surface area contributed by atoms with Crippen molar-refractivity contribution in [1.82, 2.24) is 19.9 Å². The summed E-state index contributed by atoms with van der Waals surface area (Å²) in [6, 6.07) is 3.98. The molecule has 6 heteroatoms. The number of pyridine rings is 1. The minimum atomic E-state index is -0.116. The second-order valence-electron chi connectivity index (χ2n) is 4.95. The SMILES string of the molecule is O=C(NC1CCCC1n1ccnc1)c1ccc(Br)cn1. The lowest BCUT2D eigenvalue weighted by Crippen LogP contribution is -2.38. The van der Waals surface area contributed by atoms with Gasteiger partial charge in [0.05, 0.1) is 12.4 Å². The van der Waals surface area contributed by atoms with Crippen molar-refractivity contribution in [1.29, 1.82) is 0 Å². The first-order chi connectivity index (χ1) is 9.74.